The topological polar surface area (TPSA) is 38.5 Å². The summed E-state index contributed by atoms with van der Waals surface area (Å²) in [6.07, 6.45) is 2.95. The predicted octanol–water partition coefficient (Wildman–Crippen LogP) is 1.08. The lowest BCUT2D eigenvalue weighted by Crippen LogP contribution is -2.40. The van der Waals surface area contributed by atoms with Crippen molar-refractivity contribution in [3.8, 4) is 0 Å². The number of rotatable bonds is 5. The molecule has 1 fully saturated rings. The van der Waals surface area contributed by atoms with Gasteiger partial charge in [0.15, 0.2) is 0 Å². The third-order valence-electron chi connectivity index (χ3n) is 2.80. The van der Waals surface area contributed by atoms with Gasteiger partial charge in [-0.1, -0.05) is 0 Å². The van der Waals surface area contributed by atoms with Crippen molar-refractivity contribution in [3.63, 3.8) is 0 Å². The van der Waals surface area contributed by atoms with Crippen molar-refractivity contribution < 1.29 is 4.74 Å². The van der Waals surface area contributed by atoms with Crippen molar-refractivity contribution in [1.82, 2.24) is 4.90 Å². The van der Waals surface area contributed by atoms with Crippen molar-refractivity contribution >= 4 is 0 Å². The van der Waals surface area contributed by atoms with E-state index in [2.05, 4.69) is 18.7 Å². The zero-order chi connectivity index (χ0) is 10.4. The highest BCUT2D eigenvalue weighted by atomic mass is 16.5. The Hall–Kier alpha value is -0.120. The van der Waals surface area contributed by atoms with Crippen LogP contribution in [-0.4, -0.2) is 43.8 Å². The second-order valence-electron chi connectivity index (χ2n) is 4.46. The highest BCUT2D eigenvalue weighted by molar-refractivity contribution is 4.73. The molecule has 1 rings (SSSR count). The van der Waals surface area contributed by atoms with Crippen LogP contribution in [0.5, 0.6) is 0 Å². The molecule has 1 unspecified atom stereocenters. The molecule has 0 aromatic heterocycles. The smallest absolute Gasteiger partial charge is 0.0596 e. The summed E-state index contributed by atoms with van der Waals surface area (Å²) in [7, 11) is 0. The van der Waals surface area contributed by atoms with Crippen LogP contribution in [0.2, 0.25) is 0 Å². The van der Waals surface area contributed by atoms with Crippen LogP contribution in [0.3, 0.4) is 0 Å². The SMILES string of the molecule is CC(C)OCCN1CCCC(CN)C1. The summed E-state index contributed by atoms with van der Waals surface area (Å²) in [5.41, 5.74) is 5.68. The van der Waals surface area contributed by atoms with Gasteiger partial charge in [-0.05, 0) is 45.7 Å². The standard InChI is InChI=1S/C11H24N2O/c1-10(2)14-7-6-13-5-3-4-11(8-12)9-13/h10-11H,3-9,12H2,1-2H3. The zero-order valence-corrected chi connectivity index (χ0v) is 9.54. The zero-order valence-electron chi connectivity index (χ0n) is 9.54. The van der Waals surface area contributed by atoms with Crippen LogP contribution in [0, 0.1) is 5.92 Å². The summed E-state index contributed by atoms with van der Waals surface area (Å²) in [5, 5.41) is 0. The third kappa shape index (κ3) is 4.40. The van der Waals surface area contributed by atoms with E-state index >= 15 is 0 Å². The third-order valence-corrected chi connectivity index (χ3v) is 2.80. The minimum absolute atomic E-state index is 0.352. The van der Waals surface area contributed by atoms with Crippen LogP contribution >= 0.6 is 0 Å². The van der Waals surface area contributed by atoms with Gasteiger partial charge in [0.05, 0.1) is 12.7 Å². The molecule has 0 amide bonds. The first-order chi connectivity index (χ1) is 6.72. The molecule has 0 aromatic carbocycles. The molecule has 0 aliphatic carbocycles. The fourth-order valence-electron chi connectivity index (χ4n) is 1.96. The molecule has 1 atom stereocenters. The van der Waals surface area contributed by atoms with Gasteiger partial charge in [0.2, 0.25) is 0 Å². The van der Waals surface area contributed by atoms with E-state index in [9.17, 15) is 0 Å². The van der Waals surface area contributed by atoms with Crippen molar-refractivity contribution in [2.24, 2.45) is 11.7 Å². The number of hydrogen-bond acceptors (Lipinski definition) is 3. The number of ether oxygens (including phenoxy) is 1. The van der Waals surface area contributed by atoms with Crippen molar-refractivity contribution in [2.45, 2.75) is 32.8 Å². The summed E-state index contributed by atoms with van der Waals surface area (Å²) < 4.78 is 5.54. The number of nitrogens with zero attached hydrogens (tertiary/aromatic N) is 1. The average Bonchev–Trinajstić information content (AvgIpc) is 2.18. The van der Waals surface area contributed by atoms with Crippen LogP contribution in [0.25, 0.3) is 0 Å². The maximum atomic E-state index is 5.68. The summed E-state index contributed by atoms with van der Waals surface area (Å²) in [5.74, 6) is 0.711. The van der Waals surface area contributed by atoms with Crippen molar-refractivity contribution in [3.05, 3.63) is 0 Å². The Morgan fingerprint density at radius 2 is 2.29 bits per heavy atom. The molecule has 3 heteroatoms. The van der Waals surface area contributed by atoms with E-state index < -0.39 is 0 Å². The van der Waals surface area contributed by atoms with Crippen LogP contribution < -0.4 is 5.73 Å². The number of piperidine rings is 1. The Morgan fingerprint density at radius 3 is 2.93 bits per heavy atom. The van der Waals surface area contributed by atoms with Crippen LogP contribution in [0.1, 0.15) is 26.7 Å². The average molecular weight is 200 g/mol. The van der Waals surface area contributed by atoms with Gasteiger partial charge in [-0.2, -0.15) is 0 Å². The van der Waals surface area contributed by atoms with Crippen molar-refractivity contribution in [2.75, 3.05) is 32.8 Å². The highest BCUT2D eigenvalue weighted by Crippen LogP contribution is 2.14. The first-order valence-electron chi connectivity index (χ1n) is 5.76. The molecular formula is C11H24N2O. The summed E-state index contributed by atoms with van der Waals surface area (Å²) in [6.45, 7) is 9.30. The molecule has 1 heterocycles. The lowest BCUT2D eigenvalue weighted by atomic mass is 9.98. The van der Waals surface area contributed by atoms with E-state index in [1.165, 1.54) is 19.4 Å². The molecular weight excluding hydrogens is 176 g/mol. The van der Waals surface area contributed by atoms with Gasteiger partial charge in [0, 0.05) is 13.1 Å². The molecule has 0 bridgehead atoms. The Morgan fingerprint density at radius 1 is 1.50 bits per heavy atom. The minimum Gasteiger partial charge on any atom is -0.377 e. The fraction of sp³-hybridized carbons (Fsp3) is 1.00. The molecule has 14 heavy (non-hydrogen) atoms. The first kappa shape index (κ1) is 12.0. The summed E-state index contributed by atoms with van der Waals surface area (Å²) >= 11 is 0. The minimum atomic E-state index is 0.352. The van der Waals surface area contributed by atoms with E-state index in [-0.39, 0.29) is 0 Å². The molecule has 84 valence electrons. The Kier molecular flexibility index (Phi) is 5.45. The van der Waals surface area contributed by atoms with Gasteiger partial charge in [-0.25, -0.2) is 0 Å². The lowest BCUT2D eigenvalue weighted by molar-refractivity contribution is 0.0493. The maximum absolute atomic E-state index is 5.68. The van der Waals surface area contributed by atoms with Gasteiger partial charge in [0.1, 0.15) is 0 Å². The second-order valence-corrected chi connectivity index (χ2v) is 4.46. The van der Waals surface area contributed by atoms with Crippen LogP contribution in [-0.2, 0) is 4.74 Å². The summed E-state index contributed by atoms with van der Waals surface area (Å²) in [4.78, 5) is 2.48. The van der Waals surface area contributed by atoms with Crippen molar-refractivity contribution in [1.29, 1.82) is 0 Å². The lowest BCUT2D eigenvalue weighted by Gasteiger charge is -2.32. The first-order valence-corrected chi connectivity index (χ1v) is 5.76. The molecule has 0 saturated carbocycles. The van der Waals surface area contributed by atoms with E-state index in [0.29, 0.717) is 12.0 Å². The number of likely N-dealkylation sites (tertiary alicyclic amines) is 1. The fourth-order valence-corrected chi connectivity index (χ4v) is 1.96. The quantitative estimate of drug-likeness (QED) is 0.722. The molecule has 1 aliphatic heterocycles. The Balaban J connectivity index is 2.11. The Bertz CT molecular complexity index is 150. The van der Waals surface area contributed by atoms with Gasteiger partial charge in [-0.3, -0.25) is 0 Å². The summed E-state index contributed by atoms with van der Waals surface area (Å²) in [6, 6.07) is 0. The van der Waals surface area contributed by atoms with Gasteiger partial charge < -0.3 is 15.4 Å². The van der Waals surface area contributed by atoms with E-state index in [1.54, 1.807) is 0 Å². The molecule has 0 aromatic rings. The highest BCUT2D eigenvalue weighted by Gasteiger charge is 2.17. The van der Waals surface area contributed by atoms with Gasteiger partial charge in [-0.15, -0.1) is 0 Å². The van der Waals surface area contributed by atoms with Crippen LogP contribution in [0.15, 0.2) is 0 Å². The largest absolute Gasteiger partial charge is 0.377 e. The van der Waals surface area contributed by atoms with Gasteiger partial charge >= 0.3 is 0 Å². The second kappa shape index (κ2) is 6.38. The van der Waals surface area contributed by atoms with E-state index in [0.717, 1.165) is 26.2 Å². The molecule has 1 aliphatic rings. The molecule has 3 nitrogen and oxygen atoms in total. The molecule has 0 spiro atoms. The van der Waals surface area contributed by atoms with E-state index in [4.69, 9.17) is 10.5 Å². The number of hydrogen-bond donors (Lipinski definition) is 1. The van der Waals surface area contributed by atoms with E-state index in [1.807, 2.05) is 0 Å². The maximum Gasteiger partial charge on any atom is 0.0596 e. The monoisotopic (exact) mass is 200 g/mol. The van der Waals surface area contributed by atoms with Crippen LogP contribution in [0.4, 0.5) is 0 Å². The number of nitrogens with two attached hydrogens (primary N) is 1. The Labute approximate surface area is 87.6 Å². The normalized spacial score (nSPS) is 24.4. The molecule has 1 saturated heterocycles. The molecule has 2 N–H and O–H groups in total. The predicted molar refractivity (Wildman–Crippen MR) is 59.3 cm³/mol. The molecule has 0 radical (unpaired) electrons. The van der Waals surface area contributed by atoms with Gasteiger partial charge in [0.25, 0.3) is 0 Å².